The average molecular weight is 180 g/mol. The molecule has 5 nitrogen and oxygen atoms in total. The Morgan fingerprint density at radius 1 is 1.62 bits per heavy atom. The van der Waals surface area contributed by atoms with Crippen LogP contribution in [-0.4, -0.2) is 16.0 Å². The molecule has 0 unspecified atom stereocenters. The lowest BCUT2D eigenvalue weighted by Crippen LogP contribution is -2.18. The third-order valence-corrected chi connectivity index (χ3v) is 1.99. The van der Waals surface area contributed by atoms with Gasteiger partial charge in [-0.1, -0.05) is 0 Å². The van der Waals surface area contributed by atoms with Gasteiger partial charge in [-0.05, 0) is 19.8 Å². The predicted molar refractivity (Wildman–Crippen MR) is 50.7 cm³/mol. The standard InChI is InChI=1S/C8H12N4O/c1-4-10-7(12-5-2-3-5)6(9)8(13)11-4/h5H,2-3,9H2,1H3,(H2,10,11,12,13). The van der Waals surface area contributed by atoms with Gasteiger partial charge >= 0.3 is 0 Å². The molecule has 1 aromatic heterocycles. The van der Waals surface area contributed by atoms with Crippen molar-refractivity contribution >= 4 is 11.5 Å². The molecular formula is C8H12N4O. The third-order valence-electron chi connectivity index (χ3n) is 1.99. The Bertz CT molecular complexity index is 380. The van der Waals surface area contributed by atoms with Crippen LogP contribution >= 0.6 is 0 Å². The number of aromatic amines is 1. The van der Waals surface area contributed by atoms with E-state index in [4.69, 9.17) is 5.73 Å². The summed E-state index contributed by atoms with van der Waals surface area (Å²) in [4.78, 5) is 17.9. The molecule has 1 fully saturated rings. The fourth-order valence-electron chi connectivity index (χ4n) is 1.13. The number of rotatable bonds is 2. The zero-order valence-electron chi connectivity index (χ0n) is 7.42. The van der Waals surface area contributed by atoms with Gasteiger partial charge in [0.15, 0.2) is 5.82 Å². The third kappa shape index (κ3) is 1.63. The van der Waals surface area contributed by atoms with Crippen molar-refractivity contribution in [2.24, 2.45) is 0 Å². The maximum Gasteiger partial charge on any atom is 0.276 e. The van der Waals surface area contributed by atoms with E-state index >= 15 is 0 Å². The molecular weight excluding hydrogens is 168 g/mol. The number of aryl methyl sites for hydroxylation is 1. The van der Waals surface area contributed by atoms with E-state index in [1.54, 1.807) is 6.92 Å². The van der Waals surface area contributed by atoms with Gasteiger partial charge in [-0.2, -0.15) is 0 Å². The highest BCUT2D eigenvalue weighted by molar-refractivity contribution is 5.60. The van der Waals surface area contributed by atoms with E-state index in [1.165, 1.54) is 0 Å². The summed E-state index contributed by atoms with van der Waals surface area (Å²) < 4.78 is 0. The van der Waals surface area contributed by atoms with Crippen LogP contribution in [-0.2, 0) is 0 Å². The molecule has 1 saturated carbocycles. The summed E-state index contributed by atoms with van der Waals surface area (Å²) in [5.41, 5.74) is 5.47. The molecule has 0 bridgehead atoms. The lowest BCUT2D eigenvalue weighted by atomic mass is 10.4. The number of nitrogens with zero attached hydrogens (tertiary/aromatic N) is 1. The largest absolute Gasteiger partial charge is 0.391 e. The summed E-state index contributed by atoms with van der Waals surface area (Å²) in [5.74, 6) is 1.10. The van der Waals surface area contributed by atoms with E-state index in [-0.39, 0.29) is 11.2 Å². The Hall–Kier alpha value is -1.52. The van der Waals surface area contributed by atoms with Crippen LogP contribution in [0.2, 0.25) is 0 Å². The number of nitrogens with one attached hydrogen (secondary N) is 2. The van der Waals surface area contributed by atoms with Gasteiger partial charge in [-0.3, -0.25) is 4.79 Å². The minimum atomic E-state index is -0.268. The van der Waals surface area contributed by atoms with Crippen LogP contribution in [0.5, 0.6) is 0 Å². The topological polar surface area (TPSA) is 83.8 Å². The summed E-state index contributed by atoms with van der Waals surface area (Å²) in [5, 5.41) is 3.11. The van der Waals surface area contributed by atoms with E-state index in [1.807, 2.05) is 0 Å². The summed E-state index contributed by atoms with van der Waals surface area (Å²) >= 11 is 0. The van der Waals surface area contributed by atoms with Crippen molar-refractivity contribution in [1.29, 1.82) is 0 Å². The molecule has 1 aliphatic rings. The van der Waals surface area contributed by atoms with Gasteiger partial charge in [-0.25, -0.2) is 4.98 Å². The number of anilines is 2. The molecule has 70 valence electrons. The monoisotopic (exact) mass is 180 g/mol. The van der Waals surface area contributed by atoms with Gasteiger partial charge in [0.1, 0.15) is 11.5 Å². The Morgan fingerprint density at radius 3 is 2.92 bits per heavy atom. The molecule has 4 N–H and O–H groups in total. The van der Waals surface area contributed by atoms with Gasteiger partial charge in [0.05, 0.1) is 0 Å². The molecule has 0 aromatic carbocycles. The van der Waals surface area contributed by atoms with Crippen molar-refractivity contribution < 1.29 is 0 Å². The van der Waals surface area contributed by atoms with Crippen LogP contribution < -0.4 is 16.6 Å². The maximum absolute atomic E-state index is 11.2. The van der Waals surface area contributed by atoms with E-state index in [2.05, 4.69) is 15.3 Å². The Labute approximate surface area is 75.4 Å². The van der Waals surface area contributed by atoms with Crippen LogP contribution in [0.3, 0.4) is 0 Å². The zero-order chi connectivity index (χ0) is 9.42. The minimum absolute atomic E-state index is 0.178. The number of hydrogen-bond donors (Lipinski definition) is 3. The average Bonchev–Trinajstić information content (AvgIpc) is 2.83. The number of H-pyrrole nitrogens is 1. The van der Waals surface area contributed by atoms with Crippen molar-refractivity contribution in [2.45, 2.75) is 25.8 Å². The molecule has 0 aliphatic heterocycles. The molecule has 0 amide bonds. The SMILES string of the molecule is Cc1nc(NC2CC2)c(N)c(=O)[nH]1. The summed E-state index contributed by atoms with van der Waals surface area (Å²) in [7, 11) is 0. The second kappa shape index (κ2) is 2.76. The highest BCUT2D eigenvalue weighted by Crippen LogP contribution is 2.24. The van der Waals surface area contributed by atoms with Crippen LogP contribution in [0.4, 0.5) is 11.5 Å². The molecule has 5 heteroatoms. The Kier molecular flexibility index (Phi) is 1.72. The lowest BCUT2D eigenvalue weighted by molar-refractivity contribution is 1.00. The number of hydrogen-bond acceptors (Lipinski definition) is 4. The molecule has 1 aliphatic carbocycles. The fraction of sp³-hybridized carbons (Fsp3) is 0.500. The first-order chi connectivity index (χ1) is 6.16. The van der Waals surface area contributed by atoms with Gasteiger partial charge in [0.25, 0.3) is 5.56 Å². The van der Waals surface area contributed by atoms with Crippen molar-refractivity contribution in [2.75, 3.05) is 11.1 Å². The molecule has 1 aromatic rings. The van der Waals surface area contributed by atoms with Crippen molar-refractivity contribution in [1.82, 2.24) is 9.97 Å². The first kappa shape index (κ1) is 8.10. The number of nitrogens with two attached hydrogens (primary N) is 1. The fourth-order valence-corrected chi connectivity index (χ4v) is 1.13. The second-order valence-electron chi connectivity index (χ2n) is 3.33. The smallest absolute Gasteiger partial charge is 0.276 e. The second-order valence-corrected chi connectivity index (χ2v) is 3.33. The van der Waals surface area contributed by atoms with Gasteiger partial charge in [0.2, 0.25) is 0 Å². The van der Waals surface area contributed by atoms with E-state index in [0.29, 0.717) is 17.7 Å². The van der Waals surface area contributed by atoms with Crippen LogP contribution in [0.15, 0.2) is 4.79 Å². The Balaban J connectivity index is 2.36. The number of nitrogen functional groups attached to an aromatic ring is 1. The van der Waals surface area contributed by atoms with E-state index < -0.39 is 0 Å². The van der Waals surface area contributed by atoms with Crippen molar-refractivity contribution in [3.63, 3.8) is 0 Å². The summed E-state index contributed by atoms with van der Waals surface area (Å²) in [6.07, 6.45) is 2.26. The van der Waals surface area contributed by atoms with Gasteiger partial charge in [-0.15, -0.1) is 0 Å². The molecule has 13 heavy (non-hydrogen) atoms. The molecule has 1 heterocycles. The lowest BCUT2D eigenvalue weighted by Gasteiger charge is -2.06. The molecule has 0 radical (unpaired) electrons. The summed E-state index contributed by atoms with van der Waals surface area (Å²) in [6, 6.07) is 0.455. The zero-order valence-corrected chi connectivity index (χ0v) is 7.42. The maximum atomic E-state index is 11.2. The molecule has 2 rings (SSSR count). The first-order valence-electron chi connectivity index (χ1n) is 4.30. The predicted octanol–water partition coefficient (Wildman–Crippen LogP) is 0.235. The van der Waals surface area contributed by atoms with Crippen molar-refractivity contribution in [3.05, 3.63) is 16.2 Å². The first-order valence-corrected chi connectivity index (χ1v) is 4.30. The quantitative estimate of drug-likeness (QED) is 0.608. The number of aromatic nitrogens is 2. The van der Waals surface area contributed by atoms with Crippen LogP contribution in [0.1, 0.15) is 18.7 Å². The van der Waals surface area contributed by atoms with E-state index in [9.17, 15) is 4.79 Å². The van der Waals surface area contributed by atoms with Gasteiger partial charge < -0.3 is 16.0 Å². The van der Waals surface area contributed by atoms with Gasteiger partial charge in [0, 0.05) is 6.04 Å². The molecule has 0 spiro atoms. The molecule has 0 atom stereocenters. The van der Waals surface area contributed by atoms with E-state index in [0.717, 1.165) is 12.8 Å². The highest BCUT2D eigenvalue weighted by atomic mass is 16.1. The summed E-state index contributed by atoms with van der Waals surface area (Å²) in [6.45, 7) is 1.74. The minimum Gasteiger partial charge on any atom is -0.391 e. The van der Waals surface area contributed by atoms with Crippen LogP contribution in [0.25, 0.3) is 0 Å². The normalized spacial score (nSPS) is 15.8. The van der Waals surface area contributed by atoms with Crippen LogP contribution in [0, 0.1) is 6.92 Å². The Morgan fingerprint density at radius 2 is 2.31 bits per heavy atom. The van der Waals surface area contributed by atoms with Crippen molar-refractivity contribution in [3.8, 4) is 0 Å². The highest BCUT2D eigenvalue weighted by Gasteiger charge is 2.22. The molecule has 0 saturated heterocycles.